The van der Waals surface area contributed by atoms with Crippen LogP contribution in [0.1, 0.15) is 32.9 Å². The van der Waals surface area contributed by atoms with Gasteiger partial charge in [0, 0.05) is 54.6 Å². The summed E-state index contributed by atoms with van der Waals surface area (Å²) in [5.74, 6) is 0.842. The number of para-hydroxylation sites is 1. The Bertz CT molecular complexity index is 1340. The highest BCUT2D eigenvalue weighted by molar-refractivity contribution is 6.30. The lowest BCUT2D eigenvalue weighted by molar-refractivity contribution is 0.0628. The fourth-order valence-electron chi connectivity index (χ4n) is 4.68. The van der Waals surface area contributed by atoms with Crippen molar-refractivity contribution >= 4 is 17.5 Å². The standard InChI is InChI=1S/C30H31ClN4O2/c1-22-29(23(2)35(32-22)27-6-4-3-5-7-27)20-33-16-18-34(19-17-33)30(36)25-10-8-24(9-11-25)21-37-28-14-12-26(31)13-15-28/h3-15H,16-21H2,1-2H3. The van der Waals surface area contributed by atoms with Crippen LogP contribution in [-0.2, 0) is 13.2 Å². The number of benzene rings is 3. The summed E-state index contributed by atoms with van der Waals surface area (Å²) in [5.41, 5.74) is 6.28. The van der Waals surface area contributed by atoms with Crippen molar-refractivity contribution in [1.82, 2.24) is 19.6 Å². The van der Waals surface area contributed by atoms with Gasteiger partial charge in [0.1, 0.15) is 12.4 Å². The number of nitrogens with zero attached hydrogens (tertiary/aromatic N) is 4. The van der Waals surface area contributed by atoms with Crippen LogP contribution in [0.3, 0.4) is 0 Å². The molecule has 7 heteroatoms. The Balaban J connectivity index is 1.14. The molecule has 6 nitrogen and oxygen atoms in total. The van der Waals surface area contributed by atoms with Crippen LogP contribution in [0.15, 0.2) is 78.9 Å². The number of aryl methyl sites for hydroxylation is 1. The molecule has 0 radical (unpaired) electrons. The summed E-state index contributed by atoms with van der Waals surface area (Å²) >= 11 is 5.92. The number of carbonyl (C=O) groups excluding carboxylic acids is 1. The summed E-state index contributed by atoms with van der Waals surface area (Å²) in [6.07, 6.45) is 0. The highest BCUT2D eigenvalue weighted by Gasteiger charge is 2.24. The van der Waals surface area contributed by atoms with Gasteiger partial charge < -0.3 is 9.64 Å². The van der Waals surface area contributed by atoms with Crippen LogP contribution in [0.25, 0.3) is 5.69 Å². The number of halogens is 1. The SMILES string of the molecule is Cc1nn(-c2ccccc2)c(C)c1CN1CCN(C(=O)c2ccc(COc3ccc(Cl)cc3)cc2)CC1. The molecule has 4 aromatic rings. The first-order chi connectivity index (χ1) is 18.0. The van der Waals surface area contributed by atoms with E-state index in [1.54, 1.807) is 12.1 Å². The number of rotatable bonds is 7. The number of amides is 1. The Morgan fingerprint density at radius 3 is 2.24 bits per heavy atom. The van der Waals surface area contributed by atoms with Gasteiger partial charge in [0.15, 0.2) is 0 Å². The quantitative estimate of drug-likeness (QED) is 0.318. The molecule has 5 rings (SSSR count). The molecule has 1 amide bonds. The van der Waals surface area contributed by atoms with E-state index in [1.807, 2.05) is 64.2 Å². The Labute approximate surface area is 223 Å². The maximum Gasteiger partial charge on any atom is 0.253 e. The Kier molecular flexibility index (Phi) is 7.58. The maximum absolute atomic E-state index is 13.1. The summed E-state index contributed by atoms with van der Waals surface area (Å²) in [7, 11) is 0. The average molecular weight is 515 g/mol. The third kappa shape index (κ3) is 5.87. The molecular formula is C30H31ClN4O2. The first-order valence-electron chi connectivity index (χ1n) is 12.6. The zero-order valence-electron chi connectivity index (χ0n) is 21.2. The van der Waals surface area contributed by atoms with Gasteiger partial charge in [-0.1, -0.05) is 41.9 Å². The second-order valence-electron chi connectivity index (χ2n) is 9.40. The molecule has 0 atom stereocenters. The van der Waals surface area contributed by atoms with Gasteiger partial charge >= 0.3 is 0 Å². The minimum atomic E-state index is 0.0778. The third-order valence-electron chi connectivity index (χ3n) is 6.90. The summed E-state index contributed by atoms with van der Waals surface area (Å²) in [5, 5.41) is 5.46. The first-order valence-corrected chi connectivity index (χ1v) is 12.9. The van der Waals surface area contributed by atoms with Crippen LogP contribution in [0.4, 0.5) is 0 Å². The normalized spacial score (nSPS) is 14.1. The number of carbonyl (C=O) groups is 1. The number of aromatic nitrogens is 2. The van der Waals surface area contributed by atoms with Crippen LogP contribution in [0, 0.1) is 13.8 Å². The molecule has 0 saturated carbocycles. The average Bonchev–Trinajstić information content (AvgIpc) is 3.22. The van der Waals surface area contributed by atoms with Crippen LogP contribution in [0.5, 0.6) is 5.75 Å². The molecule has 1 aromatic heterocycles. The monoisotopic (exact) mass is 514 g/mol. The van der Waals surface area contributed by atoms with Gasteiger partial charge in [0.05, 0.1) is 11.4 Å². The van der Waals surface area contributed by atoms with Crippen molar-refractivity contribution in [3.8, 4) is 11.4 Å². The molecule has 37 heavy (non-hydrogen) atoms. The molecule has 0 aliphatic carbocycles. The van der Waals surface area contributed by atoms with E-state index >= 15 is 0 Å². The van der Waals surface area contributed by atoms with Crippen molar-refractivity contribution < 1.29 is 9.53 Å². The van der Waals surface area contributed by atoms with Gasteiger partial charge in [-0.05, 0) is 67.9 Å². The van der Waals surface area contributed by atoms with Crippen LogP contribution < -0.4 is 4.74 Å². The van der Waals surface area contributed by atoms with Gasteiger partial charge in [-0.3, -0.25) is 9.69 Å². The number of hydrogen-bond acceptors (Lipinski definition) is 4. The molecule has 0 N–H and O–H groups in total. The molecule has 190 valence electrons. The Morgan fingerprint density at radius 1 is 0.892 bits per heavy atom. The molecule has 1 saturated heterocycles. The number of ether oxygens (including phenoxy) is 1. The van der Waals surface area contributed by atoms with Crippen molar-refractivity contribution in [2.24, 2.45) is 0 Å². The van der Waals surface area contributed by atoms with Gasteiger partial charge in [0.2, 0.25) is 0 Å². The highest BCUT2D eigenvalue weighted by Crippen LogP contribution is 2.21. The molecule has 0 bridgehead atoms. The fourth-order valence-corrected chi connectivity index (χ4v) is 4.81. The summed E-state index contributed by atoms with van der Waals surface area (Å²) < 4.78 is 7.82. The van der Waals surface area contributed by atoms with E-state index in [0.29, 0.717) is 30.3 Å². The lowest BCUT2D eigenvalue weighted by Gasteiger charge is -2.34. The lowest BCUT2D eigenvalue weighted by atomic mass is 10.1. The Hall–Kier alpha value is -3.61. The molecular weight excluding hydrogens is 484 g/mol. The second-order valence-corrected chi connectivity index (χ2v) is 9.84. The molecule has 0 unspecified atom stereocenters. The second kappa shape index (κ2) is 11.2. The van der Waals surface area contributed by atoms with E-state index < -0.39 is 0 Å². The topological polar surface area (TPSA) is 50.6 Å². The Morgan fingerprint density at radius 2 is 1.57 bits per heavy atom. The van der Waals surface area contributed by atoms with Crippen molar-refractivity contribution in [2.45, 2.75) is 27.0 Å². The van der Waals surface area contributed by atoms with Gasteiger partial charge in [-0.2, -0.15) is 5.10 Å². The van der Waals surface area contributed by atoms with E-state index in [9.17, 15) is 4.79 Å². The smallest absolute Gasteiger partial charge is 0.253 e. The summed E-state index contributed by atoms with van der Waals surface area (Å²) in [4.78, 5) is 17.5. The largest absolute Gasteiger partial charge is 0.489 e. The van der Waals surface area contributed by atoms with E-state index in [1.165, 1.54) is 11.3 Å². The predicted molar refractivity (Wildman–Crippen MR) is 146 cm³/mol. The van der Waals surface area contributed by atoms with Crippen LogP contribution in [-0.4, -0.2) is 51.7 Å². The minimum Gasteiger partial charge on any atom is -0.489 e. The summed E-state index contributed by atoms with van der Waals surface area (Å²) in [6.45, 7) is 8.60. The van der Waals surface area contributed by atoms with Gasteiger partial charge in [0.25, 0.3) is 5.91 Å². The van der Waals surface area contributed by atoms with Crippen molar-refractivity contribution in [3.05, 3.63) is 112 Å². The van der Waals surface area contributed by atoms with Crippen LogP contribution in [0.2, 0.25) is 5.02 Å². The molecule has 0 spiro atoms. The van der Waals surface area contributed by atoms with E-state index in [0.717, 1.165) is 42.3 Å². The minimum absolute atomic E-state index is 0.0778. The molecule has 1 fully saturated rings. The van der Waals surface area contributed by atoms with Crippen molar-refractivity contribution in [3.63, 3.8) is 0 Å². The fraction of sp³-hybridized carbons (Fsp3) is 0.267. The molecule has 2 heterocycles. The summed E-state index contributed by atoms with van der Waals surface area (Å²) in [6, 6.07) is 25.2. The van der Waals surface area contributed by atoms with Crippen LogP contribution >= 0.6 is 11.6 Å². The van der Waals surface area contributed by atoms with E-state index in [-0.39, 0.29) is 5.91 Å². The zero-order valence-corrected chi connectivity index (χ0v) is 22.0. The van der Waals surface area contributed by atoms with Gasteiger partial charge in [-0.15, -0.1) is 0 Å². The highest BCUT2D eigenvalue weighted by atomic mass is 35.5. The molecule has 3 aromatic carbocycles. The first kappa shape index (κ1) is 25.1. The number of hydrogen-bond donors (Lipinski definition) is 0. The third-order valence-corrected chi connectivity index (χ3v) is 7.16. The lowest BCUT2D eigenvalue weighted by Crippen LogP contribution is -2.48. The maximum atomic E-state index is 13.1. The van der Waals surface area contributed by atoms with Gasteiger partial charge in [-0.25, -0.2) is 4.68 Å². The molecule has 1 aliphatic rings. The number of piperazine rings is 1. The predicted octanol–water partition coefficient (Wildman–Crippen LogP) is 5.68. The van der Waals surface area contributed by atoms with Crippen molar-refractivity contribution in [1.29, 1.82) is 0 Å². The van der Waals surface area contributed by atoms with E-state index in [4.69, 9.17) is 21.4 Å². The van der Waals surface area contributed by atoms with Crippen molar-refractivity contribution in [2.75, 3.05) is 26.2 Å². The zero-order chi connectivity index (χ0) is 25.8. The van der Waals surface area contributed by atoms with E-state index in [2.05, 4.69) is 30.9 Å². The molecule has 1 aliphatic heterocycles.